The van der Waals surface area contributed by atoms with Crippen LogP contribution in [0.15, 0.2) is 29.6 Å². The molecule has 7 heteroatoms. The number of carbonyl (C=O) groups is 2. The van der Waals surface area contributed by atoms with Gasteiger partial charge >= 0.3 is 0 Å². The predicted molar refractivity (Wildman–Crippen MR) is 99.8 cm³/mol. The van der Waals surface area contributed by atoms with Crippen molar-refractivity contribution in [3.05, 3.63) is 46.7 Å². The van der Waals surface area contributed by atoms with Crippen LogP contribution in [-0.4, -0.2) is 34.8 Å². The molecule has 5 nitrogen and oxygen atoms in total. The summed E-state index contributed by atoms with van der Waals surface area (Å²) in [5.41, 5.74) is 0.597. The minimum Gasteiger partial charge on any atom is -0.342 e. The Kier molecular flexibility index (Phi) is 5.98. The molecule has 0 aliphatic carbocycles. The number of nitrogens with zero attached hydrogens (tertiary/aromatic N) is 2. The molecule has 2 aromatic rings. The van der Waals surface area contributed by atoms with E-state index in [0.717, 1.165) is 32.4 Å². The van der Waals surface area contributed by atoms with Gasteiger partial charge in [-0.2, -0.15) is 0 Å². The molecule has 2 heterocycles. The summed E-state index contributed by atoms with van der Waals surface area (Å²) in [6.45, 7) is 3.81. The van der Waals surface area contributed by atoms with E-state index in [1.54, 1.807) is 11.4 Å². The van der Waals surface area contributed by atoms with Gasteiger partial charge in [-0.15, -0.1) is 11.3 Å². The zero-order valence-corrected chi connectivity index (χ0v) is 15.5. The van der Waals surface area contributed by atoms with Gasteiger partial charge in [0.15, 0.2) is 5.13 Å². The molecule has 2 amide bonds. The van der Waals surface area contributed by atoms with Crippen LogP contribution < -0.4 is 5.32 Å². The number of amides is 2. The van der Waals surface area contributed by atoms with E-state index in [1.165, 1.54) is 29.5 Å². The van der Waals surface area contributed by atoms with Gasteiger partial charge < -0.3 is 4.90 Å². The standard InChI is InChI=1S/C19H22FN3O2S/c1-13-5-4-9-23(10-8-13)17(24)11-14-12-26-19(21-14)22-18(25)15-6-2-3-7-16(15)20/h2-3,6-7,12-13H,4-5,8-11H2,1H3,(H,21,22,25)/t13-/m0/s1. The third-order valence-corrected chi connectivity index (χ3v) is 5.40. The van der Waals surface area contributed by atoms with Crippen molar-refractivity contribution in [3.63, 3.8) is 0 Å². The van der Waals surface area contributed by atoms with Crippen LogP contribution in [0.25, 0.3) is 0 Å². The molecule has 1 N–H and O–H groups in total. The third kappa shape index (κ3) is 4.66. The summed E-state index contributed by atoms with van der Waals surface area (Å²) in [5.74, 6) is -0.396. The summed E-state index contributed by atoms with van der Waals surface area (Å²) in [5, 5.41) is 4.72. The molecule has 1 aliphatic rings. The van der Waals surface area contributed by atoms with Gasteiger partial charge in [0.1, 0.15) is 5.82 Å². The van der Waals surface area contributed by atoms with Crippen molar-refractivity contribution in [2.24, 2.45) is 5.92 Å². The number of halogens is 1. The summed E-state index contributed by atoms with van der Waals surface area (Å²) in [4.78, 5) is 30.8. The maximum Gasteiger partial charge on any atom is 0.260 e. The number of thiazole rings is 1. The number of likely N-dealkylation sites (tertiary alicyclic amines) is 1. The van der Waals surface area contributed by atoms with Gasteiger partial charge in [-0.3, -0.25) is 14.9 Å². The van der Waals surface area contributed by atoms with Crippen molar-refractivity contribution in [1.82, 2.24) is 9.88 Å². The molecule has 0 radical (unpaired) electrons. The van der Waals surface area contributed by atoms with Crippen LogP contribution in [0, 0.1) is 11.7 Å². The molecular formula is C19H22FN3O2S. The zero-order chi connectivity index (χ0) is 18.5. The van der Waals surface area contributed by atoms with Crippen molar-refractivity contribution in [1.29, 1.82) is 0 Å². The Labute approximate surface area is 156 Å². The van der Waals surface area contributed by atoms with Gasteiger partial charge in [0.05, 0.1) is 17.7 Å². The van der Waals surface area contributed by atoms with Crippen molar-refractivity contribution >= 4 is 28.3 Å². The van der Waals surface area contributed by atoms with Gasteiger partial charge in [-0.25, -0.2) is 9.37 Å². The first-order chi connectivity index (χ1) is 12.5. The van der Waals surface area contributed by atoms with Gasteiger partial charge in [-0.05, 0) is 37.3 Å². The van der Waals surface area contributed by atoms with Crippen LogP contribution in [0.4, 0.5) is 9.52 Å². The fraction of sp³-hybridized carbons (Fsp3) is 0.421. The van der Waals surface area contributed by atoms with Crippen molar-refractivity contribution < 1.29 is 14.0 Å². The fourth-order valence-corrected chi connectivity index (χ4v) is 3.74. The molecule has 1 atom stereocenters. The Morgan fingerprint density at radius 3 is 2.92 bits per heavy atom. The highest BCUT2D eigenvalue weighted by Crippen LogP contribution is 2.20. The first kappa shape index (κ1) is 18.5. The SMILES string of the molecule is C[C@H]1CCCN(C(=O)Cc2csc(NC(=O)c3ccccc3F)n2)CC1. The van der Waals surface area contributed by atoms with Crippen LogP contribution >= 0.6 is 11.3 Å². The van der Waals surface area contributed by atoms with E-state index in [2.05, 4.69) is 17.2 Å². The summed E-state index contributed by atoms with van der Waals surface area (Å²) in [6, 6.07) is 5.79. The van der Waals surface area contributed by atoms with E-state index < -0.39 is 11.7 Å². The largest absolute Gasteiger partial charge is 0.342 e. The Balaban J connectivity index is 1.58. The molecule has 3 rings (SSSR count). The van der Waals surface area contributed by atoms with Gasteiger partial charge in [-0.1, -0.05) is 19.1 Å². The van der Waals surface area contributed by atoms with Crippen LogP contribution in [0.1, 0.15) is 42.2 Å². The summed E-state index contributed by atoms with van der Waals surface area (Å²) >= 11 is 1.24. The van der Waals surface area contributed by atoms with Crippen molar-refractivity contribution in [2.75, 3.05) is 18.4 Å². The molecule has 0 saturated carbocycles. The monoisotopic (exact) mass is 375 g/mol. The Morgan fingerprint density at radius 1 is 1.31 bits per heavy atom. The van der Waals surface area contributed by atoms with E-state index in [4.69, 9.17) is 0 Å². The van der Waals surface area contributed by atoms with E-state index in [-0.39, 0.29) is 17.9 Å². The van der Waals surface area contributed by atoms with E-state index in [0.29, 0.717) is 16.7 Å². The smallest absolute Gasteiger partial charge is 0.260 e. The fourth-order valence-electron chi connectivity index (χ4n) is 3.03. The number of aromatic nitrogens is 1. The molecule has 0 bridgehead atoms. The number of hydrogen-bond donors (Lipinski definition) is 1. The van der Waals surface area contributed by atoms with E-state index in [1.807, 2.05) is 4.90 Å². The predicted octanol–water partition coefficient (Wildman–Crippen LogP) is 3.73. The number of benzene rings is 1. The molecule has 1 aromatic carbocycles. The molecule has 1 fully saturated rings. The average Bonchev–Trinajstić information content (AvgIpc) is 2.92. The second-order valence-corrected chi connectivity index (χ2v) is 7.53. The Bertz CT molecular complexity index is 793. The topological polar surface area (TPSA) is 62.3 Å². The lowest BCUT2D eigenvalue weighted by molar-refractivity contribution is -0.130. The highest BCUT2D eigenvalue weighted by Gasteiger charge is 2.20. The van der Waals surface area contributed by atoms with Gasteiger partial charge in [0, 0.05) is 18.5 Å². The quantitative estimate of drug-likeness (QED) is 0.886. The van der Waals surface area contributed by atoms with Gasteiger partial charge in [0.25, 0.3) is 5.91 Å². The molecule has 138 valence electrons. The van der Waals surface area contributed by atoms with Crippen molar-refractivity contribution in [2.45, 2.75) is 32.6 Å². The third-order valence-electron chi connectivity index (χ3n) is 4.59. The first-order valence-corrected chi connectivity index (χ1v) is 9.69. The number of rotatable bonds is 4. The lowest BCUT2D eigenvalue weighted by Crippen LogP contribution is -2.33. The Morgan fingerprint density at radius 2 is 2.12 bits per heavy atom. The maximum atomic E-state index is 13.7. The lowest BCUT2D eigenvalue weighted by Gasteiger charge is -2.19. The second-order valence-electron chi connectivity index (χ2n) is 6.67. The van der Waals surface area contributed by atoms with E-state index in [9.17, 15) is 14.0 Å². The van der Waals surface area contributed by atoms with Crippen LogP contribution in [0.3, 0.4) is 0 Å². The first-order valence-electron chi connectivity index (χ1n) is 8.81. The molecular weight excluding hydrogens is 353 g/mol. The van der Waals surface area contributed by atoms with Crippen LogP contribution in [0.2, 0.25) is 0 Å². The number of carbonyl (C=O) groups excluding carboxylic acids is 2. The minimum atomic E-state index is -0.577. The zero-order valence-electron chi connectivity index (χ0n) is 14.7. The summed E-state index contributed by atoms with van der Waals surface area (Å²) < 4.78 is 13.7. The van der Waals surface area contributed by atoms with Crippen LogP contribution in [-0.2, 0) is 11.2 Å². The number of hydrogen-bond acceptors (Lipinski definition) is 4. The Hall–Kier alpha value is -2.28. The molecule has 26 heavy (non-hydrogen) atoms. The maximum absolute atomic E-state index is 13.7. The highest BCUT2D eigenvalue weighted by molar-refractivity contribution is 7.14. The average molecular weight is 375 g/mol. The normalized spacial score (nSPS) is 17.6. The van der Waals surface area contributed by atoms with Crippen molar-refractivity contribution in [3.8, 4) is 0 Å². The number of nitrogens with one attached hydrogen (secondary N) is 1. The molecule has 1 saturated heterocycles. The lowest BCUT2D eigenvalue weighted by atomic mass is 10.0. The molecule has 1 aromatic heterocycles. The molecule has 0 unspecified atom stereocenters. The highest BCUT2D eigenvalue weighted by atomic mass is 32.1. The van der Waals surface area contributed by atoms with Crippen LogP contribution in [0.5, 0.6) is 0 Å². The number of anilines is 1. The summed E-state index contributed by atoms with van der Waals surface area (Å²) in [7, 11) is 0. The second kappa shape index (κ2) is 8.40. The minimum absolute atomic E-state index is 0.0287. The van der Waals surface area contributed by atoms with E-state index >= 15 is 0 Å². The molecule has 1 aliphatic heterocycles. The summed E-state index contributed by atoms with van der Waals surface area (Å²) in [6.07, 6.45) is 3.45. The van der Waals surface area contributed by atoms with Gasteiger partial charge in [0.2, 0.25) is 5.91 Å². The molecule has 0 spiro atoms.